The van der Waals surface area contributed by atoms with Crippen LogP contribution in [0.3, 0.4) is 0 Å². The molecule has 1 aliphatic rings. The molecule has 0 radical (unpaired) electrons. The van der Waals surface area contributed by atoms with Gasteiger partial charge in [-0.15, -0.1) is 11.3 Å². The monoisotopic (exact) mass is 356 g/mol. The van der Waals surface area contributed by atoms with Crippen LogP contribution in [0.15, 0.2) is 66.3 Å². The quantitative estimate of drug-likeness (QED) is 0.409. The molecule has 2 nitrogen and oxygen atoms in total. The number of rotatable bonds is 3. The van der Waals surface area contributed by atoms with Gasteiger partial charge in [0.05, 0.1) is 5.69 Å². The fourth-order valence-corrected chi connectivity index (χ4v) is 4.92. The molecule has 4 aromatic rings. The molecule has 0 saturated heterocycles. The maximum absolute atomic E-state index is 4.97. The highest BCUT2D eigenvalue weighted by molar-refractivity contribution is 7.13. The van der Waals surface area contributed by atoms with Crippen molar-refractivity contribution in [2.45, 2.75) is 31.6 Å². The molecule has 128 valence electrons. The van der Waals surface area contributed by atoms with Crippen molar-refractivity contribution in [3.63, 3.8) is 0 Å². The van der Waals surface area contributed by atoms with Gasteiger partial charge in [-0.1, -0.05) is 49.2 Å². The summed E-state index contributed by atoms with van der Waals surface area (Å²) in [4.78, 5) is 9.35. The second kappa shape index (κ2) is 6.65. The highest BCUT2D eigenvalue weighted by Gasteiger charge is 2.21. The summed E-state index contributed by atoms with van der Waals surface area (Å²) in [6.45, 7) is 0. The normalized spacial score (nSPS) is 14.9. The Labute approximate surface area is 157 Å². The molecule has 0 bridgehead atoms. The third-order valence-corrected chi connectivity index (χ3v) is 6.31. The Morgan fingerprint density at radius 3 is 2.65 bits per heavy atom. The lowest BCUT2D eigenvalue weighted by atomic mass is 9.94. The first kappa shape index (κ1) is 15.7. The van der Waals surface area contributed by atoms with Crippen molar-refractivity contribution in [3.05, 3.63) is 71.9 Å². The molecule has 26 heavy (non-hydrogen) atoms. The van der Waals surface area contributed by atoms with Crippen LogP contribution >= 0.6 is 11.3 Å². The molecule has 0 aliphatic heterocycles. The molecule has 0 atom stereocenters. The Morgan fingerprint density at radius 2 is 1.77 bits per heavy atom. The standard InChI is InChI=1S/C23H20N2S/c1-4-8-18-13-19(10-9-16(18)5-1)22-15-26-23(25-22)21-14-24-12-11-20(21)17-6-2-3-7-17/h1,4-5,8-15,17H,2-3,6-7H2. The van der Waals surface area contributed by atoms with E-state index in [0.717, 1.165) is 10.7 Å². The smallest absolute Gasteiger partial charge is 0.125 e. The van der Waals surface area contributed by atoms with Crippen molar-refractivity contribution in [2.24, 2.45) is 0 Å². The van der Waals surface area contributed by atoms with Crippen molar-refractivity contribution in [1.82, 2.24) is 9.97 Å². The molecule has 2 aromatic heterocycles. The zero-order chi connectivity index (χ0) is 17.3. The van der Waals surface area contributed by atoms with Crippen LogP contribution in [0.5, 0.6) is 0 Å². The average molecular weight is 356 g/mol. The van der Waals surface area contributed by atoms with E-state index in [9.17, 15) is 0 Å². The minimum atomic E-state index is 0.668. The van der Waals surface area contributed by atoms with E-state index in [1.54, 1.807) is 11.3 Å². The first-order chi connectivity index (χ1) is 12.9. The Morgan fingerprint density at radius 1 is 0.923 bits per heavy atom. The number of thiazole rings is 1. The zero-order valence-electron chi connectivity index (χ0n) is 14.6. The highest BCUT2D eigenvalue weighted by atomic mass is 32.1. The molecule has 1 fully saturated rings. The predicted octanol–water partition coefficient (Wildman–Crippen LogP) is 6.68. The fraction of sp³-hybridized carbons (Fsp3) is 0.217. The van der Waals surface area contributed by atoms with E-state index in [2.05, 4.69) is 58.9 Å². The van der Waals surface area contributed by atoms with Crippen LogP contribution in [0.1, 0.15) is 37.2 Å². The molecule has 2 heterocycles. The van der Waals surface area contributed by atoms with Crippen molar-refractivity contribution in [3.8, 4) is 21.8 Å². The summed E-state index contributed by atoms with van der Waals surface area (Å²) >= 11 is 1.72. The molecular formula is C23H20N2S. The van der Waals surface area contributed by atoms with E-state index in [1.165, 1.54) is 53.1 Å². The Bertz CT molecular complexity index is 1060. The van der Waals surface area contributed by atoms with Gasteiger partial charge in [-0.2, -0.15) is 0 Å². The number of aromatic nitrogens is 2. The van der Waals surface area contributed by atoms with Crippen LogP contribution in [0, 0.1) is 0 Å². The van der Waals surface area contributed by atoms with Crippen LogP contribution < -0.4 is 0 Å². The second-order valence-corrected chi connectivity index (χ2v) is 7.90. The van der Waals surface area contributed by atoms with Gasteiger partial charge in [0.1, 0.15) is 5.01 Å². The second-order valence-electron chi connectivity index (χ2n) is 7.04. The third kappa shape index (κ3) is 2.82. The summed E-state index contributed by atoms with van der Waals surface area (Å²) in [5.74, 6) is 0.668. The van der Waals surface area contributed by atoms with Crippen LogP contribution in [-0.2, 0) is 0 Å². The van der Waals surface area contributed by atoms with Gasteiger partial charge in [-0.3, -0.25) is 4.98 Å². The van der Waals surface area contributed by atoms with Gasteiger partial charge >= 0.3 is 0 Å². The number of nitrogens with zero attached hydrogens (tertiary/aromatic N) is 2. The van der Waals surface area contributed by atoms with Gasteiger partial charge < -0.3 is 0 Å². The van der Waals surface area contributed by atoms with Crippen LogP contribution in [0.25, 0.3) is 32.6 Å². The molecule has 0 unspecified atom stereocenters. The Kier molecular flexibility index (Phi) is 4.02. The summed E-state index contributed by atoms with van der Waals surface area (Å²) in [6.07, 6.45) is 9.19. The molecule has 3 heteroatoms. The van der Waals surface area contributed by atoms with E-state index in [-0.39, 0.29) is 0 Å². The molecular weight excluding hydrogens is 336 g/mol. The van der Waals surface area contributed by atoms with E-state index >= 15 is 0 Å². The molecule has 1 aliphatic carbocycles. The lowest BCUT2D eigenvalue weighted by Gasteiger charge is -2.13. The topological polar surface area (TPSA) is 25.8 Å². The summed E-state index contributed by atoms with van der Waals surface area (Å²) in [5, 5.41) is 5.78. The minimum absolute atomic E-state index is 0.668. The first-order valence-electron chi connectivity index (χ1n) is 9.27. The van der Waals surface area contributed by atoms with Gasteiger partial charge in [0.25, 0.3) is 0 Å². The van der Waals surface area contributed by atoms with E-state index < -0.39 is 0 Å². The lowest BCUT2D eigenvalue weighted by molar-refractivity contribution is 0.723. The fourth-order valence-electron chi connectivity index (χ4n) is 4.06. The summed E-state index contributed by atoms with van der Waals surface area (Å²) < 4.78 is 0. The zero-order valence-corrected chi connectivity index (χ0v) is 15.4. The van der Waals surface area contributed by atoms with E-state index in [4.69, 9.17) is 4.98 Å². The van der Waals surface area contributed by atoms with Crippen LogP contribution in [0.4, 0.5) is 0 Å². The van der Waals surface area contributed by atoms with Crippen molar-refractivity contribution < 1.29 is 0 Å². The maximum Gasteiger partial charge on any atom is 0.125 e. The van der Waals surface area contributed by atoms with E-state index in [0.29, 0.717) is 5.92 Å². The molecule has 1 saturated carbocycles. The summed E-state index contributed by atoms with van der Waals surface area (Å²) in [5.41, 5.74) is 4.88. The van der Waals surface area contributed by atoms with Gasteiger partial charge in [0, 0.05) is 28.9 Å². The Hall–Kier alpha value is -2.52. The number of benzene rings is 2. The number of fused-ring (bicyclic) bond motifs is 1. The molecule has 5 rings (SSSR count). The first-order valence-corrected chi connectivity index (χ1v) is 10.2. The predicted molar refractivity (Wildman–Crippen MR) is 109 cm³/mol. The van der Waals surface area contributed by atoms with Gasteiger partial charge in [-0.25, -0.2) is 4.98 Å². The SMILES string of the molecule is c1ccc2cc(-c3csc(-c4cnccc4C4CCCC4)n3)ccc2c1. The Balaban J connectivity index is 1.54. The van der Waals surface area contributed by atoms with Crippen LogP contribution in [0.2, 0.25) is 0 Å². The van der Waals surface area contributed by atoms with Gasteiger partial charge in [0.15, 0.2) is 0 Å². The number of pyridine rings is 1. The molecule has 2 aromatic carbocycles. The molecule has 0 spiro atoms. The number of hydrogen-bond donors (Lipinski definition) is 0. The van der Waals surface area contributed by atoms with Gasteiger partial charge in [-0.05, 0) is 47.2 Å². The van der Waals surface area contributed by atoms with E-state index in [1.807, 2.05) is 12.4 Å². The maximum atomic E-state index is 4.97. The molecule has 0 amide bonds. The van der Waals surface area contributed by atoms with Gasteiger partial charge in [0.2, 0.25) is 0 Å². The minimum Gasteiger partial charge on any atom is -0.264 e. The van der Waals surface area contributed by atoms with Crippen molar-refractivity contribution in [2.75, 3.05) is 0 Å². The van der Waals surface area contributed by atoms with Crippen molar-refractivity contribution in [1.29, 1.82) is 0 Å². The van der Waals surface area contributed by atoms with Crippen LogP contribution in [-0.4, -0.2) is 9.97 Å². The summed E-state index contributed by atoms with van der Waals surface area (Å²) in [7, 11) is 0. The number of hydrogen-bond acceptors (Lipinski definition) is 3. The highest BCUT2D eigenvalue weighted by Crippen LogP contribution is 2.40. The van der Waals surface area contributed by atoms with Crippen molar-refractivity contribution >= 4 is 22.1 Å². The summed E-state index contributed by atoms with van der Waals surface area (Å²) in [6, 6.07) is 17.2. The third-order valence-electron chi connectivity index (χ3n) is 5.43. The lowest BCUT2D eigenvalue weighted by Crippen LogP contribution is -1.96. The largest absolute Gasteiger partial charge is 0.264 e. The average Bonchev–Trinajstić information content (AvgIpc) is 3.40. The molecule has 0 N–H and O–H groups in total.